The number of aromatic nitrogens is 2. The highest BCUT2D eigenvalue weighted by Gasteiger charge is 2.26. The van der Waals surface area contributed by atoms with Gasteiger partial charge in [0.15, 0.2) is 0 Å². The van der Waals surface area contributed by atoms with Gasteiger partial charge in [0, 0.05) is 6.04 Å². The van der Waals surface area contributed by atoms with Crippen LogP contribution in [-0.2, 0) is 16.6 Å². The topological polar surface area (TPSA) is 108 Å². The van der Waals surface area contributed by atoms with Crippen molar-refractivity contribution >= 4 is 32.4 Å². The molecule has 30 heavy (non-hydrogen) atoms. The van der Waals surface area contributed by atoms with Gasteiger partial charge >= 0.3 is 0 Å². The molecule has 1 aliphatic rings. The monoisotopic (exact) mass is 425 g/mol. The number of amidine groups is 1. The van der Waals surface area contributed by atoms with E-state index in [1.165, 1.54) is 6.07 Å². The molecule has 0 radical (unpaired) electrons. The molecule has 3 aromatic rings. The molecule has 0 bridgehead atoms. The Bertz CT molecular complexity index is 1280. The Morgan fingerprint density at radius 3 is 2.60 bits per heavy atom. The van der Waals surface area contributed by atoms with Gasteiger partial charge in [-0.05, 0) is 37.6 Å². The van der Waals surface area contributed by atoms with E-state index < -0.39 is 10.0 Å². The van der Waals surface area contributed by atoms with E-state index in [0.717, 1.165) is 6.42 Å². The largest absolute Gasteiger partial charge is 0.341 e. The van der Waals surface area contributed by atoms with Gasteiger partial charge in [0.25, 0.3) is 15.6 Å². The Morgan fingerprint density at radius 1 is 1.07 bits per heavy atom. The predicted molar refractivity (Wildman–Crippen MR) is 117 cm³/mol. The van der Waals surface area contributed by atoms with Crippen molar-refractivity contribution in [1.29, 1.82) is 0 Å². The molecule has 2 aromatic carbocycles. The third-order valence-electron chi connectivity index (χ3n) is 5.26. The number of benzene rings is 2. The molecule has 2 heterocycles. The van der Waals surface area contributed by atoms with Crippen molar-refractivity contribution in [3.8, 4) is 0 Å². The molecule has 2 N–H and O–H groups in total. The summed E-state index contributed by atoms with van der Waals surface area (Å²) in [5.74, 6) is 0.871. The molecule has 0 fully saturated rings. The molecular formula is C21H23N5O3S. The van der Waals surface area contributed by atoms with Gasteiger partial charge in [0.05, 0.1) is 29.7 Å². The van der Waals surface area contributed by atoms with Crippen molar-refractivity contribution in [2.45, 2.75) is 37.8 Å². The third-order valence-corrected chi connectivity index (χ3v) is 6.63. The molecule has 1 unspecified atom stereocenters. The van der Waals surface area contributed by atoms with E-state index in [1.807, 2.05) is 17.9 Å². The van der Waals surface area contributed by atoms with Crippen LogP contribution in [0.5, 0.6) is 0 Å². The highest BCUT2D eigenvalue weighted by Crippen LogP contribution is 2.27. The Labute approximate surface area is 174 Å². The zero-order valence-electron chi connectivity index (χ0n) is 16.8. The van der Waals surface area contributed by atoms with E-state index in [-0.39, 0.29) is 23.0 Å². The average Bonchev–Trinajstić information content (AvgIpc) is 2.72. The molecule has 0 spiro atoms. The first-order valence-electron chi connectivity index (χ1n) is 9.79. The fourth-order valence-electron chi connectivity index (χ4n) is 3.46. The van der Waals surface area contributed by atoms with Crippen LogP contribution in [0.25, 0.3) is 10.9 Å². The van der Waals surface area contributed by atoms with E-state index in [9.17, 15) is 13.2 Å². The highest BCUT2D eigenvalue weighted by atomic mass is 32.2. The number of H-pyrrole nitrogens is 1. The first kappa shape index (κ1) is 20.2. The van der Waals surface area contributed by atoms with Crippen LogP contribution in [0.1, 0.15) is 26.1 Å². The minimum absolute atomic E-state index is 0.117. The quantitative estimate of drug-likeness (QED) is 0.629. The van der Waals surface area contributed by atoms with Gasteiger partial charge in [-0.2, -0.15) is 8.42 Å². The number of nitrogens with zero attached hydrogens (tertiary/aromatic N) is 3. The van der Waals surface area contributed by atoms with E-state index >= 15 is 0 Å². The standard InChI is InChI=1S/C21H23N5O3S/c1-3-14(2)26(12-19-22-16-9-5-4-8-15(16)21(27)24-19)13-20-23-17-10-6-7-11-18(17)30(28,29)25-20/h4-11,14H,3,12-13H2,1-2H3,(H,23,25)(H,22,24,27). The number of nitrogens with one attached hydrogen (secondary N) is 2. The first-order chi connectivity index (χ1) is 14.4. The maximum Gasteiger partial charge on any atom is 0.286 e. The Balaban J connectivity index is 1.63. The van der Waals surface area contributed by atoms with Gasteiger partial charge in [-0.25, -0.2) is 4.98 Å². The number of rotatable bonds is 6. The summed E-state index contributed by atoms with van der Waals surface area (Å²) in [5.41, 5.74) is 0.957. The zero-order valence-corrected chi connectivity index (χ0v) is 17.6. The molecular weight excluding hydrogens is 402 g/mol. The number of sulfonamides is 1. The van der Waals surface area contributed by atoms with Gasteiger partial charge < -0.3 is 10.3 Å². The van der Waals surface area contributed by atoms with Crippen LogP contribution in [0, 0.1) is 0 Å². The van der Waals surface area contributed by atoms with Crippen LogP contribution in [0.4, 0.5) is 5.69 Å². The minimum Gasteiger partial charge on any atom is -0.341 e. The lowest BCUT2D eigenvalue weighted by molar-refractivity contribution is 0.219. The lowest BCUT2D eigenvalue weighted by atomic mass is 10.2. The summed E-state index contributed by atoms with van der Waals surface area (Å²) in [4.78, 5) is 22.0. The van der Waals surface area contributed by atoms with Crippen LogP contribution in [0.3, 0.4) is 0 Å². The fourth-order valence-corrected chi connectivity index (χ4v) is 4.60. The maximum atomic E-state index is 12.5. The Kier molecular flexibility index (Phi) is 5.40. The summed E-state index contributed by atoms with van der Waals surface area (Å²) in [6, 6.07) is 14.0. The summed E-state index contributed by atoms with van der Waals surface area (Å²) < 4.78 is 29.1. The fraction of sp³-hybridized carbons (Fsp3) is 0.286. The van der Waals surface area contributed by atoms with E-state index in [4.69, 9.17) is 0 Å². The number of para-hydroxylation sites is 2. The van der Waals surface area contributed by atoms with Crippen LogP contribution >= 0.6 is 0 Å². The summed E-state index contributed by atoms with van der Waals surface area (Å²) in [5, 5.41) is 3.66. The van der Waals surface area contributed by atoms with E-state index in [0.29, 0.717) is 34.8 Å². The summed E-state index contributed by atoms with van der Waals surface area (Å²) in [6.45, 7) is 4.73. The van der Waals surface area contributed by atoms with Gasteiger partial charge in [-0.3, -0.25) is 9.69 Å². The van der Waals surface area contributed by atoms with Crippen molar-refractivity contribution in [2.24, 2.45) is 4.40 Å². The van der Waals surface area contributed by atoms with Crippen LogP contribution in [0.15, 0.2) is 62.6 Å². The van der Waals surface area contributed by atoms with E-state index in [2.05, 4.69) is 26.6 Å². The van der Waals surface area contributed by atoms with Crippen molar-refractivity contribution in [2.75, 3.05) is 11.9 Å². The number of hydrogen-bond acceptors (Lipinski definition) is 6. The SMILES string of the molecule is CCC(C)N(CC1=NS(=O)(=O)c2ccccc2N1)Cc1nc2ccccc2c(=O)[nH]1. The van der Waals surface area contributed by atoms with E-state index in [1.54, 1.807) is 36.4 Å². The van der Waals surface area contributed by atoms with Crippen LogP contribution in [0.2, 0.25) is 0 Å². The highest BCUT2D eigenvalue weighted by molar-refractivity contribution is 7.90. The average molecular weight is 426 g/mol. The normalized spacial score (nSPS) is 16.0. The van der Waals surface area contributed by atoms with Crippen molar-refractivity contribution in [1.82, 2.24) is 14.9 Å². The molecule has 0 saturated carbocycles. The molecule has 9 heteroatoms. The molecule has 156 valence electrons. The summed E-state index contributed by atoms with van der Waals surface area (Å²) in [6.07, 6.45) is 0.842. The lowest BCUT2D eigenvalue weighted by Gasteiger charge is -2.29. The van der Waals surface area contributed by atoms with Crippen molar-refractivity contribution in [3.63, 3.8) is 0 Å². The van der Waals surface area contributed by atoms with Crippen molar-refractivity contribution < 1.29 is 8.42 Å². The predicted octanol–water partition coefficient (Wildman–Crippen LogP) is 2.74. The maximum absolute atomic E-state index is 12.5. The van der Waals surface area contributed by atoms with Gasteiger partial charge in [-0.1, -0.05) is 31.2 Å². The van der Waals surface area contributed by atoms with Gasteiger partial charge in [0.2, 0.25) is 0 Å². The lowest BCUT2D eigenvalue weighted by Crippen LogP contribution is -2.40. The summed E-state index contributed by atoms with van der Waals surface area (Å²) in [7, 11) is -3.75. The minimum atomic E-state index is -3.75. The Morgan fingerprint density at radius 2 is 1.80 bits per heavy atom. The van der Waals surface area contributed by atoms with Crippen molar-refractivity contribution in [3.05, 3.63) is 64.7 Å². The second kappa shape index (κ2) is 8.00. The number of fused-ring (bicyclic) bond motifs is 2. The smallest absolute Gasteiger partial charge is 0.286 e. The molecule has 1 atom stereocenters. The number of hydrogen-bond donors (Lipinski definition) is 2. The van der Waals surface area contributed by atoms with Crippen LogP contribution < -0.4 is 10.9 Å². The number of anilines is 1. The third kappa shape index (κ3) is 3.99. The van der Waals surface area contributed by atoms with Gasteiger partial charge in [-0.15, -0.1) is 4.40 Å². The molecule has 0 amide bonds. The molecule has 0 saturated heterocycles. The molecule has 8 nitrogen and oxygen atoms in total. The van der Waals surface area contributed by atoms with Crippen LogP contribution in [-0.4, -0.2) is 41.7 Å². The molecule has 1 aromatic heterocycles. The second-order valence-corrected chi connectivity index (χ2v) is 8.90. The molecule has 4 rings (SSSR count). The summed E-state index contributed by atoms with van der Waals surface area (Å²) >= 11 is 0. The van der Waals surface area contributed by atoms with Gasteiger partial charge in [0.1, 0.15) is 16.6 Å². The Hall–Kier alpha value is -3.04. The number of aromatic amines is 1. The second-order valence-electron chi connectivity index (χ2n) is 7.33. The first-order valence-corrected chi connectivity index (χ1v) is 11.2. The molecule has 1 aliphatic heterocycles. The zero-order chi connectivity index (χ0) is 21.3. The molecule has 0 aliphatic carbocycles.